The van der Waals surface area contributed by atoms with Gasteiger partial charge in [0, 0.05) is 22.0 Å². The lowest BCUT2D eigenvalue weighted by Crippen LogP contribution is -2.60. The first-order chi connectivity index (χ1) is 22.8. The van der Waals surface area contributed by atoms with Crippen LogP contribution in [0.15, 0.2) is 35.6 Å². The first kappa shape index (κ1) is 39.7. The van der Waals surface area contributed by atoms with Crippen LogP contribution in [0.2, 0.25) is 0 Å². The lowest BCUT2D eigenvalue weighted by atomic mass is 10.0. The van der Waals surface area contributed by atoms with Gasteiger partial charge in [0.1, 0.15) is 23.7 Å². The van der Waals surface area contributed by atoms with Gasteiger partial charge in [-0.3, -0.25) is 33.6 Å². The van der Waals surface area contributed by atoms with Crippen molar-refractivity contribution in [2.75, 3.05) is 0 Å². The maximum atomic E-state index is 13.5. The number of ether oxygens (including phenoxy) is 1. The molecule has 5 atom stereocenters. The zero-order valence-electron chi connectivity index (χ0n) is 28.1. The number of amides is 5. The van der Waals surface area contributed by atoms with Crippen LogP contribution in [0.4, 0.5) is 0 Å². The largest absolute Gasteiger partial charge is 0.481 e. The predicted octanol–water partition coefficient (Wildman–Crippen LogP) is 0.696. The Hall–Kier alpha value is -5.48. The second-order valence-corrected chi connectivity index (χ2v) is 12.7. The van der Waals surface area contributed by atoms with Crippen LogP contribution in [-0.4, -0.2) is 87.4 Å². The molecule has 0 radical (unpaired) electrons. The van der Waals surface area contributed by atoms with Gasteiger partial charge in [-0.1, -0.05) is 32.0 Å². The molecule has 5 amide bonds. The number of aromatic amines is 1. The normalized spacial score (nSPS) is 14.3. The fourth-order valence-corrected chi connectivity index (χ4v) is 4.61. The van der Waals surface area contributed by atoms with Crippen molar-refractivity contribution in [1.82, 2.24) is 26.3 Å². The third-order valence-corrected chi connectivity index (χ3v) is 7.01. The lowest BCUT2D eigenvalue weighted by molar-refractivity contribution is -0.156. The molecule has 0 aliphatic rings. The molecule has 1 heterocycles. The van der Waals surface area contributed by atoms with E-state index in [1.165, 1.54) is 6.92 Å². The fraction of sp³-hybridized carbons (Fsp3) is 0.516. The van der Waals surface area contributed by atoms with Crippen LogP contribution < -0.4 is 27.0 Å². The first-order valence-electron chi connectivity index (χ1n) is 15.4. The Labute approximate surface area is 281 Å². The van der Waals surface area contributed by atoms with Crippen LogP contribution in [0.5, 0.6) is 0 Å². The minimum atomic E-state index is -1.78. The molecule has 0 unspecified atom stereocenters. The summed E-state index contributed by atoms with van der Waals surface area (Å²) >= 11 is 0. The molecule has 0 saturated heterocycles. The molecule has 1 aromatic heterocycles. The summed E-state index contributed by atoms with van der Waals surface area (Å²) < 4.78 is 5.31. The van der Waals surface area contributed by atoms with Gasteiger partial charge in [0.25, 0.3) is 0 Å². The molecule has 18 nitrogen and oxygen atoms in total. The van der Waals surface area contributed by atoms with Gasteiger partial charge in [-0.25, -0.2) is 0 Å². The topological polar surface area (TPSA) is 288 Å². The minimum absolute atomic E-state index is 0.0619. The van der Waals surface area contributed by atoms with Crippen molar-refractivity contribution in [1.29, 1.82) is 0 Å². The van der Waals surface area contributed by atoms with Crippen molar-refractivity contribution in [3.05, 3.63) is 46.5 Å². The Morgan fingerprint density at radius 1 is 0.918 bits per heavy atom. The van der Waals surface area contributed by atoms with Crippen LogP contribution in [0.25, 0.3) is 21.3 Å². The molecule has 49 heavy (non-hydrogen) atoms. The minimum Gasteiger partial charge on any atom is -0.481 e. The Morgan fingerprint density at radius 2 is 1.51 bits per heavy atom. The number of para-hydroxylation sites is 1. The first-order valence-corrected chi connectivity index (χ1v) is 15.4. The third-order valence-electron chi connectivity index (χ3n) is 7.01. The second-order valence-electron chi connectivity index (χ2n) is 12.7. The van der Waals surface area contributed by atoms with E-state index in [-0.39, 0.29) is 6.42 Å². The fourth-order valence-electron chi connectivity index (χ4n) is 4.61. The Kier molecular flexibility index (Phi) is 14.3. The van der Waals surface area contributed by atoms with E-state index in [2.05, 4.69) is 36.3 Å². The molecule has 1 aromatic carbocycles. The smallest absolute Gasteiger partial charge is 0.308 e. The number of aliphatic carboxylic acids is 1. The van der Waals surface area contributed by atoms with E-state index in [1.54, 1.807) is 40.8 Å². The number of nitrogens with zero attached hydrogens (tertiary/aromatic N) is 3. The van der Waals surface area contributed by atoms with Crippen LogP contribution >= 0.6 is 0 Å². The van der Waals surface area contributed by atoms with Gasteiger partial charge in [0.05, 0.1) is 24.9 Å². The van der Waals surface area contributed by atoms with E-state index >= 15 is 0 Å². The highest BCUT2D eigenvalue weighted by Gasteiger charge is 2.35. The van der Waals surface area contributed by atoms with Gasteiger partial charge in [-0.2, -0.15) is 0 Å². The Morgan fingerprint density at radius 3 is 2.10 bits per heavy atom. The lowest BCUT2D eigenvalue weighted by Gasteiger charge is -2.27. The van der Waals surface area contributed by atoms with Crippen molar-refractivity contribution in [2.24, 2.45) is 16.8 Å². The number of nitrogens with one attached hydrogen (secondary N) is 5. The predicted molar refractivity (Wildman–Crippen MR) is 175 cm³/mol. The molecule has 0 aliphatic heterocycles. The number of nitrogens with two attached hydrogens (primary N) is 1. The number of carboxylic acid groups (broad SMARTS) is 1. The molecule has 8 N–H and O–H groups in total. The summed E-state index contributed by atoms with van der Waals surface area (Å²) in [6.07, 6.45) is 0.126. The number of hydrogen-bond acceptors (Lipinski definition) is 9. The van der Waals surface area contributed by atoms with Crippen molar-refractivity contribution in [2.45, 2.75) is 96.6 Å². The number of azide groups is 1. The molecule has 0 spiro atoms. The third kappa shape index (κ3) is 12.6. The van der Waals surface area contributed by atoms with Crippen molar-refractivity contribution < 1.29 is 43.4 Å². The molecule has 0 fully saturated rings. The molecule has 0 saturated carbocycles. The maximum absolute atomic E-state index is 13.5. The number of aromatic nitrogens is 1. The zero-order chi connectivity index (χ0) is 37.1. The van der Waals surface area contributed by atoms with E-state index in [0.717, 1.165) is 16.5 Å². The molecule has 18 heteroatoms. The van der Waals surface area contributed by atoms with Gasteiger partial charge < -0.3 is 41.8 Å². The monoisotopic (exact) mass is 685 g/mol. The Balaban J connectivity index is 2.28. The molecule has 266 valence electrons. The van der Waals surface area contributed by atoms with Crippen molar-refractivity contribution >= 4 is 52.4 Å². The number of fused-ring (bicyclic) bond motifs is 1. The Bertz CT molecular complexity index is 1610. The number of carbonyl (C=O) groups excluding carboxylic acids is 6. The van der Waals surface area contributed by atoms with E-state index < -0.39 is 96.0 Å². The van der Waals surface area contributed by atoms with Gasteiger partial charge >= 0.3 is 11.9 Å². The van der Waals surface area contributed by atoms with Crippen LogP contribution in [0.3, 0.4) is 0 Å². The van der Waals surface area contributed by atoms with Gasteiger partial charge in [-0.15, -0.1) is 0 Å². The molecule has 2 rings (SSSR count). The van der Waals surface area contributed by atoms with Crippen LogP contribution in [-0.2, 0) is 44.7 Å². The second kappa shape index (κ2) is 17.6. The van der Waals surface area contributed by atoms with Crippen molar-refractivity contribution in [3.8, 4) is 0 Å². The van der Waals surface area contributed by atoms with E-state index in [1.807, 2.05) is 24.3 Å². The number of hydrogen-bond donors (Lipinski definition) is 7. The van der Waals surface area contributed by atoms with E-state index in [9.17, 15) is 38.7 Å². The average molecular weight is 686 g/mol. The van der Waals surface area contributed by atoms with Crippen molar-refractivity contribution in [3.63, 3.8) is 0 Å². The van der Waals surface area contributed by atoms with Crippen LogP contribution in [0.1, 0.15) is 59.9 Å². The standard InChI is InChI=1S/C31H43N9O9/c1-15(2)25(30(48)35-16(3)26(44)39-40-33)38-29(47)21(12-23(41)42)37-28(46)22(13-24(43)49-31(4,5)6)36-27(45)19(32)11-17-14-34-20-10-8-7-9-18(17)20/h7-10,14-16,19,21-22,25,34H,11-13,32H2,1-6H3,(H,35,48)(H,36,45)(H,37,46)(H,38,47)(H,41,42)/t16-,19+,21-,22+,25+/m0/s1. The number of benzene rings is 1. The summed E-state index contributed by atoms with van der Waals surface area (Å²) in [7, 11) is 0. The quantitative estimate of drug-likeness (QED) is 0.0561. The number of rotatable bonds is 16. The average Bonchev–Trinajstić information content (AvgIpc) is 3.40. The summed E-state index contributed by atoms with van der Waals surface area (Å²) in [5, 5.41) is 22.6. The SMILES string of the molecule is CC(C)[C@@H](NC(=O)[C@H](CC(=O)O)NC(=O)[C@@H](CC(=O)OC(C)(C)C)NC(=O)[C@H](N)Cc1c[nH]c2ccccc12)C(=O)N[C@@H](C)C(=O)N=[N+]=[N-]. The van der Waals surface area contributed by atoms with Gasteiger partial charge in [0.15, 0.2) is 0 Å². The van der Waals surface area contributed by atoms with E-state index in [4.69, 9.17) is 16.0 Å². The molecule has 0 aliphatic carbocycles. The maximum Gasteiger partial charge on any atom is 0.308 e. The summed E-state index contributed by atoms with van der Waals surface area (Å²) in [5.74, 6) is -7.79. The summed E-state index contributed by atoms with van der Waals surface area (Å²) in [5.41, 5.74) is 15.2. The highest BCUT2D eigenvalue weighted by molar-refractivity contribution is 5.98. The van der Waals surface area contributed by atoms with Crippen LogP contribution in [0, 0.1) is 5.92 Å². The van der Waals surface area contributed by atoms with E-state index in [0.29, 0.717) is 0 Å². The number of esters is 1. The number of carbonyl (C=O) groups is 7. The summed E-state index contributed by atoms with van der Waals surface area (Å²) in [6.45, 7) is 9.15. The highest BCUT2D eigenvalue weighted by atomic mass is 16.6. The molecular formula is C31H43N9O9. The number of carboxylic acids is 1. The summed E-state index contributed by atoms with van der Waals surface area (Å²) in [6, 6.07) is 0.188. The molecular weight excluding hydrogens is 642 g/mol. The summed E-state index contributed by atoms with van der Waals surface area (Å²) in [4.78, 5) is 94.6. The number of H-pyrrole nitrogens is 1. The molecule has 0 bridgehead atoms. The zero-order valence-corrected chi connectivity index (χ0v) is 28.1. The van der Waals surface area contributed by atoms with Gasteiger partial charge in [0.2, 0.25) is 29.5 Å². The highest BCUT2D eigenvalue weighted by Crippen LogP contribution is 2.19. The van der Waals surface area contributed by atoms with Gasteiger partial charge in [-0.05, 0) is 62.3 Å². The molecule has 2 aromatic rings.